The summed E-state index contributed by atoms with van der Waals surface area (Å²) >= 11 is 3.28. The van der Waals surface area contributed by atoms with Crippen LogP contribution in [0.2, 0.25) is 0 Å². The van der Waals surface area contributed by atoms with Gasteiger partial charge in [-0.05, 0) is 162 Å². The number of fused-ring (bicyclic) bond motifs is 2. The zero-order valence-electron chi connectivity index (χ0n) is 39.0. The molecule has 8 rings (SSSR count). The zero-order chi connectivity index (χ0) is 46.7. The van der Waals surface area contributed by atoms with E-state index in [0.29, 0.717) is 36.4 Å². The molecule has 0 aliphatic heterocycles. The minimum absolute atomic E-state index is 0.0168. The number of hydrogen-bond donors (Lipinski definition) is 0. The first-order chi connectivity index (χ1) is 31.9. The monoisotopic (exact) mass is 918 g/mol. The topological polar surface area (TPSA) is 77.5 Å². The Morgan fingerprint density at radius 3 is 1.21 bits per heavy atom. The summed E-state index contributed by atoms with van der Waals surface area (Å²) in [7, 11) is 7.33. The van der Waals surface area contributed by atoms with Gasteiger partial charge < -0.3 is 23.8 Å². The first-order valence-corrected chi connectivity index (χ1v) is 23.9. The smallest absolute Gasteiger partial charge is 0.195 e. The fourth-order valence-corrected chi connectivity index (χ4v) is 10.3. The van der Waals surface area contributed by atoms with Gasteiger partial charge in [-0.3, -0.25) is 14.5 Å². The van der Waals surface area contributed by atoms with E-state index in [0.717, 1.165) is 88.3 Å². The van der Waals surface area contributed by atoms with Gasteiger partial charge in [0, 0.05) is 77.4 Å². The maximum atomic E-state index is 13.7. The number of carbonyl (C=O) groups is 2. The van der Waals surface area contributed by atoms with Crippen molar-refractivity contribution in [3.8, 4) is 43.9 Å². The number of ketones is 2. The largest absolute Gasteiger partial charge is 0.497 e. The molecule has 0 atom stereocenters. The van der Waals surface area contributed by atoms with Crippen LogP contribution in [-0.2, 0) is 0 Å². The number of carbonyl (C=O) groups excluding carboxylic acids is 2. The van der Waals surface area contributed by atoms with Crippen molar-refractivity contribution >= 4 is 54.4 Å². The maximum absolute atomic E-state index is 13.7. The van der Waals surface area contributed by atoms with Gasteiger partial charge in [0.1, 0.15) is 36.2 Å². The van der Waals surface area contributed by atoms with Gasteiger partial charge in [0.25, 0.3) is 0 Å². The van der Waals surface area contributed by atoms with Crippen molar-refractivity contribution in [3.05, 3.63) is 168 Å². The van der Waals surface area contributed by atoms with Crippen molar-refractivity contribution in [1.82, 2.24) is 9.80 Å². The fraction of sp³-hybridized carbons (Fsp3) is 0.250. The van der Waals surface area contributed by atoms with E-state index < -0.39 is 0 Å². The molecule has 6 aromatic carbocycles. The molecule has 0 saturated carbocycles. The molecule has 2 heterocycles. The highest BCUT2D eigenvalue weighted by molar-refractivity contribution is 7.23. The Hall–Kier alpha value is -6.30. The minimum Gasteiger partial charge on any atom is -0.497 e. The second-order valence-electron chi connectivity index (χ2n) is 16.7. The molecule has 0 unspecified atom stereocenters. The van der Waals surface area contributed by atoms with Crippen LogP contribution in [0.3, 0.4) is 0 Å². The number of rotatable bonds is 18. The standard InChI is InChI=1S/C30H33NO3S.C26H25NO3S/c1-20(2)31(21(3)4)18-19-34-25-16-10-22(11-17-25)29(32)28-26-8-6-7-9-27(26)35-30(28)23-12-14-24(33-5)15-13-23;1-27(2)16-17-30-21-14-8-18(9-15-21)25(28)24-22-6-4-5-7-23(22)31-26(24)19-10-12-20(29-3)13-11-19/h6-17,20-21H,18-19H2,1-5H3;4-15H,16-17H2,1-3H3. The summed E-state index contributed by atoms with van der Waals surface area (Å²) < 4.78 is 24.5. The van der Waals surface area contributed by atoms with E-state index >= 15 is 0 Å². The van der Waals surface area contributed by atoms with Crippen molar-refractivity contribution in [2.45, 2.75) is 39.8 Å². The first kappa shape index (κ1) is 47.7. The van der Waals surface area contributed by atoms with Gasteiger partial charge in [-0.15, -0.1) is 22.7 Å². The summed E-state index contributed by atoms with van der Waals surface area (Å²) in [6, 6.07) is 47.8. The third kappa shape index (κ3) is 11.4. The Bertz CT molecular complexity index is 2840. The molecule has 0 spiro atoms. The van der Waals surface area contributed by atoms with Crippen LogP contribution < -0.4 is 18.9 Å². The number of thiophene rings is 2. The zero-order valence-corrected chi connectivity index (χ0v) is 40.6. The average Bonchev–Trinajstić information content (AvgIpc) is 3.92. The van der Waals surface area contributed by atoms with E-state index in [1.165, 1.54) is 0 Å². The molecule has 2 aromatic heterocycles. The van der Waals surface area contributed by atoms with Crippen molar-refractivity contribution in [1.29, 1.82) is 0 Å². The van der Waals surface area contributed by atoms with E-state index in [9.17, 15) is 9.59 Å². The Balaban J connectivity index is 0.000000198. The lowest BCUT2D eigenvalue weighted by molar-refractivity contribution is 0.103. The predicted octanol–water partition coefficient (Wildman–Crippen LogP) is 13.1. The summed E-state index contributed by atoms with van der Waals surface area (Å²) in [5.41, 5.74) is 4.81. The highest BCUT2D eigenvalue weighted by Crippen LogP contribution is 2.42. The molecule has 0 saturated heterocycles. The Labute approximate surface area is 397 Å². The lowest BCUT2D eigenvalue weighted by Gasteiger charge is -2.30. The van der Waals surface area contributed by atoms with E-state index in [2.05, 4.69) is 49.6 Å². The van der Waals surface area contributed by atoms with E-state index in [4.69, 9.17) is 18.9 Å². The van der Waals surface area contributed by atoms with Gasteiger partial charge >= 0.3 is 0 Å². The Morgan fingerprint density at radius 1 is 0.485 bits per heavy atom. The van der Waals surface area contributed by atoms with Crippen LogP contribution >= 0.6 is 22.7 Å². The number of nitrogens with zero attached hydrogens (tertiary/aromatic N) is 2. The van der Waals surface area contributed by atoms with Gasteiger partial charge in [0.2, 0.25) is 0 Å². The van der Waals surface area contributed by atoms with Gasteiger partial charge in [0.15, 0.2) is 11.6 Å². The third-order valence-corrected chi connectivity index (χ3v) is 13.8. The quantitative estimate of drug-likeness (QED) is 0.0788. The second kappa shape index (κ2) is 22.3. The second-order valence-corrected chi connectivity index (χ2v) is 18.8. The molecular weight excluding hydrogens is 861 g/mol. The lowest BCUT2D eigenvalue weighted by atomic mass is 9.97. The lowest BCUT2D eigenvalue weighted by Crippen LogP contribution is -2.39. The molecule has 0 radical (unpaired) electrons. The summed E-state index contributed by atoms with van der Waals surface area (Å²) in [5, 5.41) is 1.96. The first-order valence-electron chi connectivity index (χ1n) is 22.2. The molecule has 66 heavy (non-hydrogen) atoms. The molecule has 8 nitrogen and oxygen atoms in total. The van der Waals surface area contributed by atoms with Crippen LogP contribution in [0, 0.1) is 0 Å². The third-order valence-electron chi connectivity index (χ3n) is 11.3. The predicted molar refractivity (Wildman–Crippen MR) is 274 cm³/mol. The fourth-order valence-electron chi connectivity index (χ4n) is 7.85. The van der Waals surface area contributed by atoms with Crippen molar-refractivity contribution < 1.29 is 28.5 Å². The molecule has 0 aliphatic rings. The van der Waals surface area contributed by atoms with Gasteiger partial charge in [-0.25, -0.2) is 0 Å². The van der Waals surface area contributed by atoms with Crippen LogP contribution in [0.15, 0.2) is 146 Å². The normalized spacial score (nSPS) is 11.3. The minimum atomic E-state index is 0.0168. The highest BCUT2D eigenvalue weighted by atomic mass is 32.1. The maximum Gasteiger partial charge on any atom is 0.195 e. The van der Waals surface area contributed by atoms with Crippen molar-refractivity contribution in [3.63, 3.8) is 0 Å². The van der Waals surface area contributed by atoms with E-state index in [-0.39, 0.29) is 11.6 Å². The van der Waals surface area contributed by atoms with Crippen LogP contribution in [0.4, 0.5) is 0 Å². The summed E-state index contributed by atoms with van der Waals surface area (Å²) in [6.45, 7) is 11.7. The number of likely N-dealkylation sites (N-methyl/N-ethyl adjacent to an activating group) is 1. The molecular formula is C56H58N2O6S2. The highest BCUT2D eigenvalue weighted by Gasteiger charge is 2.23. The number of ether oxygens (including phenoxy) is 4. The summed E-state index contributed by atoms with van der Waals surface area (Å²) in [5.74, 6) is 3.17. The molecule has 340 valence electrons. The molecule has 0 amide bonds. The van der Waals surface area contributed by atoms with Crippen LogP contribution in [0.25, 0.3) is 41.1 Å². The Morgan fingerprint density at radius 2 is 0.848 bits per heavy atom. The van der Waals surface area contributed by atoms with Crippen molar-refractivity contribution in [2.75, 3.05) is 54.6 Å². The molecule has 0 fully saturated rings. The molecule has 0 N–H and O–H groups in total. The van der Waals surface area contributed by atoms with Crippen LogP contribution in [0.5, 0.6) is 23.0 Å². The molecule has 8 aromatic rings. The van der Waals surface area contributed by atoms with E-state index in [1.807, 2.05) is 148 Å². The number of benzene rings is 6. The summed E-state index contributed by atoms with van der Waals surface area (Å²) in [4.78, 5) is 33.7. The Kier molecular flexibility index (Phi) is 16.1. The SMILES string of the molecule is COc1ccc(-c2sc3ccccc3c2C(=O)c2ccc(OCCN(C(C)C)C(C)C)cc2)cc1.COc1ccc(-c2sc3ccccc3c2C(=O)c2ccc(OCCN(C)C)cc2)cc1. The molecule has 0 bridgehead atoms. The molecule has 10 heteroatoms. The summed E-state index contributed by atoms with van der Waals surface area (Å²) in [6.07, 6.45) is 0. The van der Waals surface area contributed by atoms with Gasteiger partial charge in [-0.1, -0.05) is 36.4 Å². The van der Waals surface area contributed by atoms with Crippen LogP contribution in [0.1, 0.15) is 59.5 Å². The average molecular weight is 919 g/mol. The van der Waals surface area contributed by atoms with E-state index in [1.54, 1.807) is 36.9 Å². The molecule has 0 aliphatic carbocycles. The van der Waals surface area contributed by atoms with Gasteiger partial charge in [0.05, 0.1) is 14.2 Å². The van der Waals surface area contributed by atoms with Crippen LogP contribution in [-0.4, -0.2) is 88.1 Å². The number of methoxy groups -OCH3 is 2. The number of hydrogen-bond acceptors (Lipinski definition) is 10. The van der Waals surface area contributed by atoms with Gasteiger partial charge in [-0.2, -0.15) is 0 Å². The van der Waals surface area contributed by atoms with Crippen molar-refractivity contribution in [2.24, 2.45) is 0 Å².